The van der Waals surface area contributed by atoms with E-state index in [2.05, 4.69) is 19.2 Å². The molecule has 3 aliphatic rings. The maximum atomic E-state index is 13.5. The van der Waals surface area contributed by atoms with E-state index in [9.17, 15) is 19.2 Å². The Labute approximate surface area is 172 Å². The van der Waals surface area contributed by atoms with Crippen LogP contribution in [-0.2, 0) is 23.9 Å². The number of amides is 3. The molecule has 0 aromatic carbocycles. The minimum atomic E-state index is -0.755. The van der Waals surface area contributed by atoms with Gasteiger partial charge in [-0.25, -0.2) is 4.79 Å². The Kier molecular flexibility index (Phi) is 5.20. The van der Waals surface area contributed by atoms with E-state index in [1.165, 1.54) is 14.0 Å². The number of fused-ring (bicyclic) bond motifs is 1. The summed E-state index contributed by atoms with van der Waals surface area (Å²) in [5.41, 5.74) is -0.516. The molecule has 0 aromatic rings. The Bertz CT molecular complexity index is 735. The molecule has 0 aromatic heterocycles. The highest BCUT2D eigenvalue weighted by Gasteiger charge is 2.70. The molecule has 29 heavy (non-hydrogen) atoms. The number of esters is 1. The van der Waals surface area contributed by atoms with Crippen molar-refractivity contribution in [2.45, 2.75) is 53.6 Å². The van der Waals surface area contributed by atoms with Crippen LogP contribution in [-0.4, -0.2) is 72.3 Å². The number of hydrogen-bond donors (Lipinski definition) is 1. The highest BCUT2D eigenvalue weighted by atomic mass is 16.5. The highest BCUT2D eigenvalue weighted by Crippen LogP contribution is 2.65. The van der Waals surface area contributed by atoms with Gasteiger partial charge in [-0.3, -0.25) is 14.4 Å². The van der Waals surface area contributed by atoms with Gasteiger partial charge in [-0.1, -0.05) is 34.6 Å². The van der Waals surface area contributed by atoms with Gasteiger partial charge in [-0.15, -0.1) is 0 Å². The van der Waals surface area contributed by atoms with E-state index in [-0.39, 0.29) is 40.9 Å². The first-order chi connectivity index (χ1) is 13.3. The summed E-state index contributed by atoms with van der Waals surface area (Å²) in [4.78, 5) is 53.2. The normalized spacial score (nSPS) is 28.9. The number of carbonyl (C=O) groups is 4. The molecule has 4 atom stereocenters. The zero-order chi connectivity index (χ0) is 21.9. The first-order valence-electron chi connectivity index (χ1n) is 10.2. The lowest BCUT2D eigenvalue weighted by atomic mass is 9.84. The molecule has 3 fully saturated rings. The zero-order valence-electron chi connectivity index (χ0n) is 18.4. The van der Waals surface area contributed by atoms with Crippen LogP contribution < -0.4 is 5.32 Å². The fraction of sp³-hybridized carbons (Fsp3) is 0.810. The molecule has 1 aliphatic carbocycles. The summed E-state index contributed by atoms with van der Waals surface area (Å²) in [5, 5.41) is 2.90. The molecule has 0 unspecified atom stereocenters. The van der Waals surface area contributed by atoms with E-state index >= 15 is 0 Å². The van der Waals surface area contributed by atoms with Gasteiger partial charge >= 0.3 is 5.97 Å². The van der Waals surface area contributed by atoms with E-state index in [1.807, 2.05) is 20.8 Å². The summed E-state index contributed by atoms with van der Waals surface area (Å²) < 4.78 is 4.99. The first kappa shape index (κ1) is 21.6. The standard InChI is InChI=1S/C21H33N3O5/c1-11(25)23-8-12(9-23)17(26)22-16(20(2,3)4)18(27)24-10-13-14(21(13,5)6)15(24)19(28)29-7/h12-16H,8-10H2,1-7H3,(H,22,26)/t13-,14-,15-,16+/m0/s1. The van der Waals surface area contributed by atoms with E-state index in [4.69, 9.17) is 4.74 Å². The molecular formula is C21H33N3O5. The minimum Gasteiger partial charge on any atom is -0.467 e. The van der Waals surface area contributed by atoms with Crippen LogP contribution >= 0.6 is 0 Å². The lowest BCUT2D eigenvalue weighted by Gasteiger charge is -2.41. The van der Waals surface area contributed by atoms with Gasteiger partial charge in [0.15, 0.2) is 0 Å². The van der Waals surface area contributed by atoms with Crippen molar-refractivity contribution in [1.82, 2.24) is 15.1 Å². The number of piperidine rings is 1. The second-order valence-corrected chi connectivity index (χ2v) is 10.3. The molecule has 162 valence electrons. The number of ether oxygens (including phenoxy) is 1. The molecule has 2 aliphatic heterocycles. The van der Waals surface area contributed by atoms with E-state index in [0.717, 1.165) is 0 Å². The summed E-state index contributed by atoms with van der Waals surface area (Å²) in [6.07, 6.45) is 0. The third-order valence-electron chi connectivity index (χ3n) is 7.03. The van der Waals surface area contributed by atoms with Crippen LogP contribution in [0.25, 0.3) is 0 Å². The van der Waals surface area contributed by atoms with E-state index in [0.29, 0.717) is 19.6 Å². The Morgan fingerprint density at radius 2 is 1.69 bits per heavy atom. The van der Waals surface area contributed by atoms with Crippen LogP contribution in [0.2, 0.25) is 0 Å². The number of methoxy groups -OCH3 is 1. The second kappa shape index (κ2) is 6.99. The van der Waals surface area contributed by atoms with Gasteiger partial charge < -0.3 is 19.9 Å². The van der Waals surface area contributed by atoms with Crippen LogP contribution in [0.5, 0.6) is 0 Å². The summed E-state index contributed by atoms with van der Waals surface area (Å²) in [7, 11) is 1.34. The first-order valence-corrected chi connectivity index (χ1v) is 10.2. The number of carbonyl (C=O) groups excluding carboxylic acids is 4. The van der Waals surface area contributed by atoms with Crippen LogP contribution in [0, 0.1) is 28.6 Å². The predicted molar refractivity (Wildman–Crippen MR) is 105 cm³/mol. The number of hydrogen-bond acceptors (Lipinski definition) is 5. The summed E-state index contributed by atoms with van der Waals surface area (Å²) in [6.45, 7) is 12.6. The second-order valence-electron chi connectivity index (χ2n) is 10.3. The van der Waals surface area contributed by atoms with Crippen LogP contribution in [0.4, 0.5) is 0 Å². The highest BCUT2D eigenvalue weighted by molar-refractivity contribution is 5.93. The van der Waals surface area contributed by atoms with Crippen LogP contribution in [0.3, 0.4) is 0 Å². The average molecular weight is 408 g/mol. The maximum absolute atomic E-state index is 13.5. The van der Waals surface area contributed by atoms with Crippen molar-refractivity contribution in [3.8, 4) is 0 Å². The predicted octanol–water partition coefficient (Wildman–Crippen LogP) is 0.652. The molecule has 1 N–H and O–H groups in total. The number of rotatable bonds is 4. The molecule has 0 radical (unpaired) electrons. The van der Waals surface area contributed by atoms with Crippen molar-refractivity contribution >= 4 is 23.7 Å². The summed E-state index contributed by atoms with van der Waals surface area (Å²) in [6, 6.07) is -1.36. The molecular weight excluding hydrogens is 374 g/mol. The topological polar surface area (TPSA) is 96.0 Å². The molecule has 1 saturated carbocycles. The van der Waals surface area contributed by atoms with Crippen LogP contribution in [0.1, 0.15) is 41.5 Å². The number of nitrogens with zero attached hydrogens (tertiary/aromatic N) is 2. The monoisotopic (exact) mass is 407 g/mol. The van der Waals surface area contributed by atoms with Gasteiger partial charge in [0.25, 0.3) is 0 Å². The Morgan fingerprint density at radius 1 is 1.10 bits per heavy atom. The van der Waals surface area contributed by atoms with E-state index in [1.54, 1.807) is 9.80 Å². The Morgan fingerprint density at radius 3 is 2.17 bits per heavy atom. The number of nitrogens with one attached hydrogen (secondary N) is 1. The van der Waals surface area contributed by atoms with Crippen molar-refractivity contribution in [3.63, 3.8) is 0 Å². The van der Waals surface area contributed by atoms with Gasteiger partial charge in [0.1, 0.15) is 12.1 Å². The average Bonchev–Trinajstić information content (AvgIpc) is 2.92. The van der Waals surface area contributed by atoms with Crippen molar-refractivity contribution in [3.05, 3.63) is 0 Å². The van der Waals surface area contributed by atoms with Crippen molar-refractivity contribution < 1.29 is 23.9 Å². The lowest BCUT2D eigenvalue weighted by Crippen LogP contribution is -2.62. The quantitative estimate of drug-likeness (QED) is 0.691. The molecule has 3 rings (SSSR count). The fourth-order valence-electron chi connectivity index (χ4n) is 4.88. The largest absolute Gasteiger partial charge is 0.467 e. The van der Waals surface area contributed by atoms with Gasteiger partial charge in [0.05, 0.1) is 13.0 Å². The molecule has 3 amide bonds. The molecule has 0 spiro atoms. The fourth-order valence-corrected chi connectivity index (χ4v) is 4.88. The molecule has 2 saturated heterocycles. The number of likely N-dealkylation sites (tertiary alicyclic amines) is 2. The van der Waals surface area contributed by atoms with Gasteiger partial charge in [0.2, 0.25) is 17.7 Å². The zero-order valence-corrected chi connectivity index (χ0v) is 18.4. The lowest BCUT2D eigenvalue weighted by molar-refractivity contribution is -0.155. The van der Waals surface area contributed by atoms with Gasteiger partial charge in [0, 0.05) is 32.5 Å². The van der Waals surface area contributed by atoms with Gasteiger partial charge in [-0.05, 0) is 16.7 Å². The summed E-state index contributed by atoms with van der Waals surface area (Å²) in [5.74, 6) is -0.877. The van der Waals surface area contributed by atoms with E-state index < -0.39 is 23.5 Å². The Hall–Kier alpha value is -2.12. The van der Waals surface area contributed by atoms with Crippen molar-refractivity contribution in [1.29, 1.82) is 0 Å². The molecule has 8 nitrogen and oxygen atoms in total. The Balaban J connectivity index is 1.74. The third-order valence-corrected chi connectivity index (χ3v) is 7.03. The maximum Gasteiger partial charge on any atom is 0.328 e. The molecule has 8 heteroatoms. The van der Waals surface area contributed by atoms with Crippen molar-refractivity contribution in [2.24, 2.45) is 28.6 Å². The van der Waals surface area contributed by atoms with Crippen molar-refractivity contribution in [2.75, 3.05) is 26.7 Å². The molecule has 2 heterocycles. The van der Waals surface area contributed by atoms with Crippen LogP contribution in [0.15, 0.2) is 0 Å². The third kappa shape index (κ3) is 3.62. The SMILES string of the molecule is COC(=O)[C@@H]1[C@@H]2[C@H](CN1C(=O)[C@@H](NC(=O)C1CN(C(C)=O)C1)C(C)(C)C)C2(C)C. The van der Waals surface area contributed by atoms with Gasteiger partial charge in [-0.2, -0.15) is 0 Å². The molecule has 0 bridgehead atoms. The summed E-state index contributed by atoms with van der Waals surface area (Å²) >= 11 is 0. The smallest absolute Gasteiger partial charge is 0.328 e. The minimum absolute atomic E-state index is 0.0121.